The molecule has 1 rings (SSSR count). The fourth-order valence-electron chi connectivity index (χ4n) is 3.69. The minimum absolute atomic E-state index is 0.0107. The van der Waals surface area contributed by atoms with Crippen molar-refractivity contribution >= 4 is 0 Å². The molecule has 1 unspecified atom stereocenters. The molecule has 168 valence electrons. The van der Waals surface area contributed by atoms with Crippen LogP contribution < -0.4 is 0 Å². The van der Waals surface area contributed by atoms with E-state index in [1.165, 1.54) is 69.8 Å². The number of hydrogen-bond acceptors (Lipinski definition) is 3. The molecule has 1 atom stereocenters. The summed E-state index contributed by atoms with van der Waals surface area (Å²) in [4.78, 5) is 0. The first-order chi connectivity index (χ1) is 14.3. The van der Waals surface area contributed by atoms with Crippen molar-refractivity contribution in [2.45, 2.75) is 97.2 Å². The van der Waals surface area contributed by atoms with Gasteiger partial charge in [0.1, 0.15) is 6.10 Å². The summed E-state index contributed by atoms with van der Waals surface area (Å²) in [5, 5.41) is 0. The highest BCUT2D eigenvalue weighted by Gasteiger charge is 2.09. The Balaban J connectivity index is 1.99. The molecular weight excluding hydrogens is 360 g/mol. The number of ether oxygens (including phenoxy) is 3. The first kappa shape index (κ1) is 26.1. The molecule has 1 aromatic rings. The zero-order chi connectivity index (χ0) is 21.0. The molecule has 0 amide bonds. The number of hydrogen-bond donors (Lipinski definition) is 0. The zero-order valence-corrected chi connectivity index (χ0v) is 19.4. The Bertz CT molecular complexity index is 441. The Morgan fingerprint density at radius 2 is 1.34 bits per heavy atom. The lowest BCUT2D eigenvalue weighted by Gasteiger charge is -2.17. The van der Waals surface area contributed by atoms with Crippen LogP contribution in [0, 0.1) is 5.92 Å². The van der Waals surface area contributed by atoms with E-state index in [-0.39, 0.29) is 6.10 Å². The zero-order valence-electron chi connectivity index (χ0n) is 19.4. The predicted octanol–water partition coefficient (Wildman–Crippen LogP) is 7.18. The van der Waals surface area contributed by atoms with Crippen LogP contribution in [-0.4, -0.2) is 33.0 Å². The van der Waals surface area contributed by atoms with Gasteiger partial charge in [-0.25, -0.2) is 0 Å². The van der Waals surface area contributed by atoms with Crippen molar-refractivity contribution < 1.29 is 14.2 Å². The predicted molar refractivity (Wildman–Crippen MR) is 123 cm³/mol. The van der Waals surface area contributed by atoms with E-state index in [4.69, 9.17) is 14.2 Å². The van der Waals surface area contributed by atoms with Gasteiger partial charge in [0.25, 0.3) is 0 Å². The van der Waals surface area contributed by atoms with Gasteiger partial charge in [0, 0.05) is 13.7 Å². The van der Waals surface area contributed by atoms with Gasteiger partial charge in [0.15, 0.2) is 0 Å². The largest absolute Gasteiger partial charge is 0.379 e. The molecule has 0 saturated carbocycles. The molecule has 0 N–H and O–H groups in total. The summed E-state index contributed by atoms with van der Waals surface area (Å²) in [7, 11) is 1.73. The molecule has 0 spiro atoms. The van der Waals surface area contributed by atoms with E-state index in [2.05, 4.69) is 26.0 Å². The van der Waals surface area contributed by atoms with Gasteiger partial charge in [0.2, 0.25) is 0 Å². The Kier molecular flexibility index (Phi) is 17.2. The van der Waals surface area contributed by atoms with Crippen LogP contribution in [0.5, 0.6) is 0 Å². The van der Waals surface area contributed by atoms with Crippen molar-refractivity contribution in [2.75, 3.05) is 26.9 Å². The minimum Gasteiger partial charge on any atom is -0.379 e. The lowest BCUT2D eigenvalue weighted by atomic mass is 9.91. The fourth-order valence-corrected chi connectivity index (χ4v) is 3.69. The molecule has 0 aromatic heterocycles. The third-order valence-corrected chi connectivity index (χ3v) is 5.64. The molecule has 0 heterocycles. The quantitative estimate of drug-likeness (QED) is 0.215. The standard InChI is InChI=1S/C26H46O3/c1-4-6-15-24(16-7-5-2)17-11-8-9-14-20-28-22-26(27-3)23-29-21-25-18-12-10-13-19-25/h10,12-13,18-19,24,26H,4-9,11,14-17,20-23H2,1-3H3. The highest BCUT2D eigenvalue weighted by Crippen LogP contribution is 2.22. The highest BCUT2D eigenvalue weighted by molar-refractivity contribution is 5.13. The summed E-state index contributed by atoms with van der Waals surface area (Å²) in [5.41, 5.74) is 1.19. The molecule has 0 saturated heterocycles. The van der Waals surface area contributed by atoms with Gasteiger partial charge in [-0.05, 0) is 17.9 Å². The van der Waals surface area contributed by atoms with Gasteiger partial charge >= 0.3 is 0 Å². The second kappa shape index (κ2) is 19.1. The summed E-state index contributed by atoms with van der Waals surface area (Å²) in [6, 6.07) is 10.2. The molecule has 0 fully saturated rings. The van der Waals surface area contributed by atoms with Crippen LogP contribution in [0.4, 0.5) is 0 Å². The molecular formula is C26H46O3. The SMILES string of the molecule is CCCCC(CCCC)CCCCCCOCC(COCc1ccccc1)OC. The first-order valence-electron chi connectivity index (χ1n) is 12.0. The van der Waals surface area contributed by atoms with Crippen LogP contribution in [0.1, 0.15) is 90.0 Å². The van der Waals surface area contributed by atoms with Crippen LogP contribution in [-0.2, 0) is 20.8 Å². The van der Waals surface area contributed by atoms with Crippen LogP contribution in [0.3, 0.4) is 0 Å². The van der Waals surface area contributed by atoms with E-state index in [1.807, 2.05) is 18.2 Å². The minimum atomic E-state index is 0.0107. The van der Waals surface area contributed by atoms with E-state index in [0.29, 0.717) is 19.8 Å². The summed E-state index contributed by atoms with van der Waals surface area (Å²) in [6.07, 6.45) is 14.9. The number of benzene rings is 1. The summed E-state index contributed by atoms with van der Waals surface area (Å²) >= 11 is 0. The molecule has 1 aromatic carbocycles. The van der Waals surface area contributed by atoms with Gasteiger partial charge in [-0.1, -0.05) is 108 Å². The maximum atomic E-state index is 5.82. The van der Waals surface area contributed by atoms with E-state index in [1.54, 1.807) is 7.11 Å². The second-order valence-electron chi connectivity index (χ2n) is 8.29. The molecule has 0 bridgehead atoms. The Hall–Kier alpha value is -0.900. The van der Waals surface area contributed by atoms with Crippen molar-refractivity contribution in [3.8, 4) is 0 Å². The average molecular weight is 407 g/mol. The monoisotopic (exact) mass is 406 g/mol. The van der Waals surface area contributed by atoms with Crippen LogP contribution in [0.15, 0.2) is 30.3 Å². The van der Waals surface area contributed by atoms with Crippen molar-refractivity contribution in [1.82, 2.24) is 0 Å². The number of methoxy groups -OCH3 is 1. The van der Waals surface area contributed by atoms with Gasteiger partial charge in [0.05, 0.1) is 19.8 Å². The lowest BCUT2D eigenvalue weighted by Crippen LogP contribution is -2.24. The maximum Gasteiger partial charge on any atom is 0.104 e. The maximum absolute atomic E-state index is 5.82. The van der Waals surface area contributed by atoms with E-state index >= 15 is 0 Å². The molecule has 0 aliphatic rings. The van der Waals surface area contributed by atoms with Crippen LogP contribution in [0.2, 0.25) is 0 Å². The van der Waals surface area contributed by atoms with Crippen LogP contribution >= 0.6 is 0 Å². The van der Waals surface area contributed by atoms with Gasteiger partial charge in [-0.3, -0.25) is 0 Å². The van der Waals surface area contributed by atoms with Crippen molar-refractivity contribution in [2.24, 2.45) is 5.92 Å². The van der Waals surface area contributed by atoms with Gasteiger partial charge in [-0.2, -0.15) is 0 Å². The molecule has 3 nitrogen and oxygen atoms in total. The summed E-state index contributed by atoms with van der Waals surface area (Å²) in [6.45, 7) is 7.25. The highest BCUT2D eigenvalue weighted by atomic mass is 16.6. The van der Waals surface area contributed by atoms with Crippen molar-refractivity contribution in [3.63, 3.8) is 0 Å². The molecule has 0 aliphatic carbocycles. The Morgan fingerprint density at radius 1 is 0.724 bits per heavy atom. The van der Waals surface area contributed by atoms with E-state index in [0.717, 1.165) is 18.9 Å². The molecule has 29 heavy (non-hydrogen) atoms. The molecule has 0 aliphatic heterocycles. The van der Waals surface area contributed by atoms with Crippen LogP contribution in [0.25, 0.3) is 0 Å². The van der Waals surface area contributed by atoms with E-state index in [9.17, 15) is 0 Å². The topological polar surface area (TPSA) is 27.7 Å². The smallest absolute Gasteiger partial charge is 0.104 e. The fraction of sp³-hybridized carbons (Fsp3) is 0.769. The Morgan fingerprint density at radius 3 is 2.00 bits per heavy atom. The molecule has 0 radical (unpaired) electrons. The van der Waals surface area contributed by atoms with Gasteiger partial charge in [-0.15, -0.1) is 0 Å². The molecule has 3 heteroatoms. The summed E-state index contributed by atoms with van der Waals surface area (Å²) in [5.74, 6) is 0.962. The summed E-state index contributed by atoms with van der Waals surface area (Å²) < 4.78 is 17.0. The number of unbranched alkanes of at least 4 members (excludes halogenated alkanes) is 5. The van der Waals surface area contributed by atoms with Gasteiger partial charge < -0.3 is 14.2 Å². The number of rotatable bonds is 20. The lowest BCUT2D eigenvalue weighted by molar-refractivity contribution is -0.0451. The second-order valence-corrected chi connectivity index (χ2v) is 8.29. The first-order valence-corrected chi connectivity index (χ1v) is 12.0. The van der Waals surface area contributed by atoms with Crippen molar-refractivity contribution in [1.29, 1.82) is 0 Å². The third kappa shape index (κ3) is 14.7. The third-order valence-electron chi connectivity index (χ3n) is 5.64. The normalized spacial score (nSPS) is 12.6. The van der Waals surface area contributed by atoms with E-state index < -0.39 is 0 Å². The van der Waals surface area contributed by atoms with Crippen molar-refractivity contribution in [3.05, 3.63) is 35.9 Å². The Labute approximate surface area is 180 Å². The average Bonchev–Trinajstić information content (AvgIpc) is 2.76.